The minimum Gasteiger partial charge on any atom is -0.399 e. The number of rotatable bonds is 3. The van der Waals surface area contributed by atoms with Crippen molar-refractivity contribution in [3.8, 4) is 22.8 Å². The highest BCUT2D eigenvalue weighted by atomic mass is 16.7. The van der Waals surface area contributed by atoms with Gasteiger partial charge in [-0.25, -0.2) is 15.0 Å². The third kappa shape index (κ3) is 3.26. The lowest BCUT2D eigenvalue weighted by Gasteiger charge is -2.32. The van der Waals surface area contributed by atoms with Crippen LogP contribution in [0.25, 0.3) is 22.8 Å². The van der Waals surface area contributed by atoms with Gasteiger partial charge in [-0.05, 0) is 33.2 Å². The molecule has 6 heteroatoms. The highest BCUT2D eigenvalue weighted by Gasteiger charge is 2.52. The average molecular weight is 359 g/mol. The van der Waals surface area contributed by atoms with Crippen molar-refractivity contribution >= 4 is 12.6 Å². The number of aromatic nitrogens is 3. The van der Waals surface area contributed by atoms with E-state index in [0.717, 1.165) is 16.6 Å². The van der Waals surface area contributed by atoms with Crippen molar-refractivity contribution in [1.29, 1.82) is 0 Å². The maximum atomic E-state index is 6.23. The van der Waals surface area contributed by atoms with Gasteiger partial charge < -0.3 is 9.31 Å². The summed E-state index contributed by atoms with van der Waals surface area (Å²) in [7, 11) is -0.469. The van der Waals surface area contributed by atoms with Gasteiger partial charge >= 0.3 is 7.12 Å². The second kappa shape index (κ2) is 6.55. The quantitative estimate of drug-likeness (QED) is 0.670. The van der Waals surface area contributed by atoms with Crippen LogP contribution in [-0.4, -0.2) is 33.3 Å². The van der Waals surface area contributed by atoms with Crippen molar-refractivity contribution in [3.63, 3.8) is 0 Å². The fraction of sp³-hybridized carbons (Fsp3) is 0.286. The fourth-order valence-electron chi connectivity index (χ4n) is 3.03. The molecule has 1 aliphatic rings. The lowest BCUT2D eigenvalue weighted by molar-refractivity contribution is 0.00578. The topological polar surface area (TPSA) is 57.1 Å². The Morgan fingerprint density at radius 3 is 2.04 bits per heavy atom. The first kappa shape index (κ1) is 17.8. The molecule has 4 rings (SSSR count). The van der Waals surface area contributed by atoms with Crippen LogP contribution >= 0.6 is 0 Å². The molecule has 27 heavy (non-hydrogen) atoms. The molecule has 0 spiro atoms. The molecule has 2 aromatic carbocycles. The molecule has 0 radical (unpaired) electrons. The van der Waals surface area contributed by atoms with Gasteiger partial charge in [-0.2, -0.15) is 0 Å². The third-order valence-corrected chi connectivity index (χ3v) is 5.31. The van der Waals surface area contributed by atoms with Gasteiger partial charge in [-0.1, -0.05) is 54.6 Å². The van der Waals surface area contributed by atoms with Gasteiger partial charge in [0, 0.05) is 11.1 Å². The van der Waals surface area contributed by atoms with E-state index >= 15 is 0 Å². The zero-order valence-corrected chi connectivity index (χ0v) is 16.0. The fourth-order valence-corrected chi connectivity index (χ4v) is 3.03. The summed E-state index contributed by atoms with van der Waals surface area (Å²) < 4.78 is 12.5. The Kier molecular flexibility index (Phi) is 4.33. The normalized spacial score (nSPS) is 17.9. The Morgan fingerprint density at radius 1 is 0.741 bits per heavy atom. The molecule has 0 bridgehead atoms. The van der Waals surface area contributed by atoms with E-state index in [1.54, 1.807) is 6.33 Å². The Balaban J connectivity index is 1.75. The number of benzene rings is 2. The molecule has 3 aromatic rings. The second-order valence-corrected chi connectivity index (χ2v) is 7.67. The minimum atomic E-state index is -0.469. The van der Waals surface area contributed by atoms with E-state index < -0.39 is 18.3 Å². The molecular formula is C21H22BN3O2. The van der Waals surface area contributed by atoms with Crippen LogP contribution in [0.2, 0.25) is 0 Å². The summed E-state index contributed by atoms with van der Waals surface area (Å²) in [5.74, 6) is 1.25. The van der Waals surface area contributed by atoms with Gasteiger partial charge in [-0.3, -0.25) is 0 Å². The molecule has 0 unspecified atom stereocenters. The van der Waals surface area contributed by atoms with E-state index in [2.05, 4.69) is 15.0 Å². The van der Waals surface area contributed by atoms with Crippen LogP contribution in [-0.2, 0) is 9.31 Å². The van der Waals surface area contributed by atoms with Gasteiger partial charge in [0.2, 0.25) is 0 Å². The van der Waals surface area contributed by atoms with Crippen molar-refractivity contribution in [3.05, 3.63) is 60.9 Å². The van der Waals surface area contributed by atoms with Crippen molar-refractivity contribution in [1.82, 2.24) is 15.0 Å². The molecule has 1 saturated heterocycles. The van der Waals surface area contributed by atoms with Crippen LogP contribution in [0.4, 0.5) is 0 Å². The summed E-state index contributed by atoms with van der Waals surface area (Å²) in [4.78, 5) is 13.4. The molecule has 0 N–H and O–H groups in total. The van der Waals surface area contributed by atoms with E-state index in [1.165, 1.54) is 0 Å². The van der Waals surface area contributed by atoms with Crippen molar-refractivity contribution in [2.24, 2.45) is 0 Å². The van der Waals surface area contributed by atoms with Gasteiger partial charge in [0.05, 0.1) is 11.2 Å². The zero-order chi connectivity index (χ0) is 19.1. The Bertz CT molecular complexity index is 944. The third-order valence-electron chi connectivity index (χ3n) is 5.31. The maximum absolute atomic E-state index is 6.23. The first-order valence-corrected chi connectivity index (χ1v) is 9.07. The van der Waals surface area contributed by atoms with Gasteiger partial charge in [-0.15, -0.1) is 0 Å². The summed E-state index contributed by atoms with van der Waals surface area (Å²) in [6.45, 7) is 8.19. The molecule has 2 heterocycles. The van der Waals surface area contributed by atoms with Crippen LogP contribution < -0.4 is 5.46 Å². The van der Waals surface area contributed by atoms with Crippen LogP contribution in [0.1, 0.15) is 27.7 Å². The molecule has 1 fully saturated rings. The molecule has 5 nitrogen and oxygen atoms in total. The van der Waals surface area contributed by atoms with E-state index in [-0.39, 0.29) is 0 Å². The first-order valence-electron chi connectivity index (χ1n) is 9.07. The van der Waals surface area contributed by atoms with E-state index in [0.29, 0.717) is 11.6 Å². The summed E-state index contributed by atoms with van der Waals surface area (Å²) in [6, 6.07) is 17.8. The van der Waals surface area contributed by atoms with Crippen molar-refractivity contribution < 1.29 is 9.31 Å². The van der Waals surface area contributed by atoms with E-state index in [1.807, 2.05) is 82.3 Å². The molecule has 0 atom stereocenters. The summed E-state index contributed by atoms with van der Waals surface area (Å²) >= 11 is 0. The predicted molar refractivity (Wildman–Crippen MR) is 106 cm³/mol. The van der Waals surface area contributed by atoms with Gasteiger partial charge in [0.25, 0.3) is 0 Å². The minimum absolute atomic E-state index is 0.404. The molecular weight excluding hydrogens is 337 g/mol. The second-order valence-electron chi connectivity index (χ2n) is 7.67. The molecule has 0 amide bonds. The van der Waals surface area contributed by atoms with Crippen LogP contribution in [0.15, 0.2) is 60.9 Å². The summed E-state index contributed by atoms with van der Waals surface area (Å²) in [5, 5.41) is 0. The number of hydrogen-bond acceptors (Lipinski definition) is 5. The van der Waals surface area contributed by atoms with Crippen molar-refractivity contribution in [2.75, 3.05) is 0 Å². The first-order chi connectivity index (χ1) is 12.9. The lowest BCUT2D eigenvalue weighted by atomic mass is 9.75. The largest absolute Gasteiger partial charge is 0.495 e. The van der Waals surface area contributed by atoms with Gasteiger partial charge in [0.15, 0.2) is 11.6 Å². The van der Waals surface area contributed by atoms with Crippen LogP contribution in [0.5, 0.6) is 0 Å². The predicted octanol–water partition coefficient (Wildman–Crippen LogP) is 3.50. The highest BCUT2D eigenvalue weighted by molar-refractivity contribution is 6.63. The molecule has 1 aliphatic heterocycles. The van der Waals surface area contributed by atoms with Crippen LogP contribution in [0.3, 0.4) is 0 Å². The molecule has 0 saturated carbocycles. The van der Waals surface area contributed by atoms with Crippen molar-refractivity contribution in [2.45, 2.75) is 38.9 Å². The Labute approximate surface area is 160 Å². The standard InChI is InChI=1S/C21H22BN3O2/c1-20(2)21(3,4)27-22(26-20)17-13-9-8-12-16(17)19-24-14-23-18(25-19)15-10-6-5-7-11-15/h5-14H,1-4H3. The highest BCUT2D eigenvalue weighted by Crippen LogP contribution is 2.37. The van der Waals surface area contributed by atoms with Gasteiger partial charge in [0.1, 0.15) is 6.33 Å². The Hall–Kier alpha value is -2.57. The molecule has 1 aromatic heterocycles. The van der Waals surface area contributed by atoms with E-state index in [9.17, 15) is 0 Å². The molecule has 0 aliphatic carbocycles. The monoisotopic (exact) mass is 359 g/mol. The summed E-state index contributed by atoms with van der Waals surface area (Å²) in [5.41, 5.74) is 1.95. The number of hydrogen-bond donors (Lipinski definition) is 0. The van der Waals surface area contributed by atoms with E-state index in [4.69, 9.17) is 9.31 Å². The smallest absolute Gasteiger partial charge is 0.399 e. The average Bonchev–Trinajstić information content (AvgIpc) is 2.90. The zero-order valence-electron chi connectivity index (χ0n) is 16.0. The maximum Gasteiger partial charge on any atom is 0.495 e. The molecule has 136 valence electrons. The summed E-state index contributed by atoms with van der Waals surface area (Å²) in [6.07, 6.45) is 1.55. The van der Waals surface area contributed by atoms with Crippen LogP contribution in [0, 0.1) is 0 Å². The number of nitrogens with zero attached hydrogens (tertiary/aromatic N) is 3. The SMILES string of the molecule is CC1(C)OB(c2ccccc2-c2ncnc(-c3ccccc3)n2)OC1(C)C. The lowest BCUT2D eigenvalue weighted by Crippen LogP contribution is -2.41. The Morgan fingerprint density at radius 2 is 1.33 bits per heavy atom.